The standard InChI is InChI=1S/C11H15N5O3S/c1-7-9(14-3-2-11-15-6-16-19-11)4-8(12)5-10(7)20(13,17)18/h4-6,14H,2-3,12H2,1H3,(H2,13,17,18). The van der Waals surface area contributed by atoms with Crippen molar-refractivity contribution in [1.82, 2.24) is 10.1 Å². The van der Waals surface area contributed by atoms with Gasteiger partial charge in [-0.25, -0.2) is 13.6 Å². The SMILES string of the molecule is Cc1c(NCCc2ncno2)cc(N)cc1S(N)(=O)=O. The Morgan fingerprint density at radius 2 is 2.15 bits per heavy atom. The zero-order chi connectivity index (χ0) is 14.8. The van der Waals surface area contributed by atoms with E-state index in [1.165, 1.54) is 12.4 Å². The summed E-state index contributed by atoms with van der Waals surface area (Å²) in [5, 5.41) is 11.7. The van der Waals surface area contributed by atoms with E-state index in [4.69, 9.17) is 15.4 Å². The molecule has 0 unspecified atom stereocenters. The second-order valence-corrected chi connectivity index (χ2v) is 5.78. The van der Waals surface area contributed by atoms with Crippen molar-refractivity contribution in [1.29, 1.82) is 0 Å². The van der Waals surface area contributed by atoms with Crippen LogP contribution in [0.15, 0.2) is 27.9 Å². The molecule has 5 N–H and O–H groups in total. The highest BCUT2D eigenvalue weighted by molar-refractivity contribution is 7.89. The fourth-order valence-electron chi connectivity index (χ4n) is 1.80. The third-order valence-corrected chi connectivity index (χ3v) is 3.79. The average Bonchev–Trinajstić information content (AvgIpc) is 2.84. The Labute approximate surface area is 116 Å². The summed E-state index contributed by atoms with van der Waals surface area (Å²) in [6.07, 6.45) is 1.83. The van der Waals surface area contributed by atoms with E-state index in [9.17, 15) is 8.42 Å². The average molecular weight is 297 g/mol. The maximum absolute atomic E-state index is 11.5. The van der Waals surface area contributed by atoms with Gasteiger partial charge in [0.2, 0.25) is 15.9 Å². The molecule has 0 radical (unpaired) electrons. The van der Waals surface area contributed by atoms with Crippen LogP contribution in [0.5, 0.6) is 0 Å². The number of nitrogens with two attached hydrogens (primary N) is 2. The molecule has 0 spiro atoms. The van der Waals surface area contributed by atoms with Gasteiger partial charge in [0, 0.05) is 24.3 Å². The van der Waals surface area contributed by atoms with Crippen LogP contribution in [0.4, 0.5) is 11.4 Å². The maximum atomic E-state index is 11.5. The van der Waals surface area contributed by atoms with Gasteiger partial charge in [-0.2, -0.15) is 4.98 Å². The Bertz CT molecular complexity index is 697. The van der Waals surface area contributed by atoms with Gasteiger partial charge in [0.05, 0.1) is 4.90 Å². The fourth-order valence-corrected chi connectivity index (χ4v) is 2.64. The fraction of sp³-hybridized carbons (Fsp3) is 0.273. The van der Waals surface area contributed by atoms with Gasteiger partial charge in [0.25, 0.3) is 0 Å². The Hall–Kier alpha value is -2.13. The maximum Gasteiger partial charge on any atom is 0.238 e. The number of nitrogens with zero attached hydrogens (tertiary/aromatic N) is 2. The number of aromatic nitrogens is 2. The van der Waals surface area contributed by atoms with Gasteiger partial charge in [-0.05, 0) is 24.6 Å². The summed E-state index contributed by atoms with van der Waals surface area (Å²) >= 11 is 0. The lowest BCUT2D eigenvalue weighted by Gasteiger charge is -2.13. The lowest BCUT2D eigenvalue weighted by atomic mass is 10.1. The van der Waals surface area contributed by atoms with Crippen molar-refractivity contribution < 1.29 is 12.9 Å². The number of benzene rings is 1. The number of primary sulfonamides is 1. The molecule has 0 saturated heterocycles. The number of sulfonamides is 1. The van der Waals surface area contributed by atoms with Crippen molar-refractivity contribution in [2.75, 3.05) is 17.6 Å². The molecule has 0 atom stereocenters. The van der Waals surface area contributed by atoms with Crippen LogP contribution in [0.25, 0.3) is 0 Å². The molecule has 1 aromatic carbocycles. The number of hydrogen-bond donors (Lipinski definition) is 3. The molecule has 0 aliphatic carbocycles. The van der Waals surface area contributed by atoms with Gasteiger partial charge in [0.15, 0.2) is 6.33 Å². The highest BCUT2D eigenvalue weighted by Crippen LogP contribution is 2.25. The summed E-state index contributed by atoms with van der Waals surface area (Å²) in [4.78, 5) is 3.90. The van der Waals surface area contributed by atoms with Gasteiger partial charge in [0.1, 0.15) is 0 Å². The molecule has 0 bridgehead atoms. The summed E-state index contributed by atoms with van der Waals surface area (Å²) in [7, 11) is -3.81. The Morgan fingerprint density at radius 3 is 2.75 bits per heavy atom. The van der Waals surface area contributed by atoms with Crippen LogP contribution in [0, 0.1) is 6.92 Å². The first-order chi connectivity index (χ1) is 9.38. The molecule has 2 aromatic rings. The molecule has 1 aromatic heterocycles. The van der Waals surface area contributed by atoms with Crippen molar-refractivity contribution in [2.24, 2.45) is 5.14 Å². The van der Waals surface area contributed by atoms with Crippen LogP contribution in [0.3, 0.4) is 0 Å². The van der Waals surface area contributed by atoms with Gasteiger partial charge < -0.3 is 15.6 Å². The number of nitrogen functional groups attached to an aromatic ring is 1. The summed E-state index contributed by atoms with van der Waals surface area (Å²) in [6, 6.07) is 2.99. The monoisotopic (exact) mass is 297 g/mol. The van der Waals surface area contributed by atoms with Crippen molar-refractivity contribution >= 4 is 21.4 Å². The smallest absolute Gasteiger partial charge is 0.238 e. The van der Waals surface area contributed by atoms with E-state index in [0.29, 0.717) is 35.8 Å². The normalized spacial score (nSPS) is 11.5. The molecule has 20 heavy (non-hydrogen) atoms. The van der Waals surface area contributed by atoms with Crippen molar-refractivity contribution in [2.45, 2.75) is 18.2 Å². The molecule has 8 nitrogen and oxygen atoms in total. The van der Waals surface area contributed by atoms with Gasteiger partial charge in [-0.15, -0.1) is 0 Å². The van der Waals surface area contributed by atoms with E-state index in [0.717, 1.165) is 0 Å². The van der Waals surface area contributed by atoms with Crippen LogP contribution >= 0.6 is 0 Å². The molecule has 1 heterocycles. The third-order valence-electron chi connectivity index (χ3n) is 2.75. The Morgan fingerprint density at radius 1 is 1.40 bits per heavy atom. The Balaban J connectivity index is 2.17. The molecule has 0 fully saturated rings. The summed E-state index contributed by atoms with van der Waals surface area (Å²) in [5.74, 6) is 0.491. The molecule has 0 aliphatic heterocycles. The molecule has 2 rings (SSSR count). The second kappa shape index (κ2) is 5.47. The molecular weight excluding hydrogens is 282 g/mol. The van der Waals surface area contributed by atoms with E-state index in [1.54, 1.807) is 13.0 Å². The second-order valence-electron chi connectivity index (χ2n) is 4.25. The summed E-state index contributed by atoms with van der Waals surface area (Å²) < 4.78 is 27.8. The number of rotatable bonds is 5. The molecular formula is C11H15N5O3S. The first-order valence-corrected chi connectivity index (χ1v) is 7.35. The molecule has 9 heteroatoms. The van der Waals surface area contributed by atoms with Crippen LogP contribution in [-0.2, 0) is 16.4 Å². The number of anilines is 2. The number of hydrogen-bond acceptors (Lipinski definition) is 7. The first kappa shape index (κ1) is 14.3. The minimum absolute atomic E-state index is 0.0118. The van der Waals surface area contributed by atoms with Gasteiger partial charge in [-0.1, -0.05) is 5.16 Å². The van der Waals surface area contributed by atoms with Gasteiger partial charge >= 0.3 is 0 Å². The predicted octanol–water partition coefficient (Wildman–Crippen LogP) is 0.262. The summed E-state index contributed by atoms with van der Waals surface area (Å²) in [6.45, 7) is 2.16. The minimum atomic E-state index is -3.81. The molecule has 108 valence electrons. The highest BCUT2D eigenvalue weighted by atomic mass is 32.2. The molecule has 0 saturated carbocycles. The van der Waals surface area contributed by atoms with E-state index >= 15 is 0 Å². The van der Waals surface area contributed by atoms with Crippen LogP contribution in [-0.4, -0.2) is 25.1 Å². The van der Waals surface area contributed by atoms with Crippen LogP contribution in [0.1, 0.15) is 11.5 Å². The first-order valence-electron chi connectivity index (χ1n) is 5.80. The van der Waals surface area contributed by atoms with Gasteiger partial charge in [-0.3, -0.25) is 0 Å². The number of nitrogens with one attached hydrogen (secondary N) is 1. The Kier molecular flexibility index (Phi) is 3.91. The quantitative estimate of drug-likeness (QED) is 0.673. The highest BCUT2D eigenvalue weighted by Gasteiger charge is 2.15. The van der Waals surface area contributed by atoms with Crippen molar-refractivity contribution in [3.8, 4) is 0 Å². The lowest BCUT2D eigenvalue weighted by Crippen LogP contribution is -2.16. The van der Waals surface area contributed by atoms with E-state index in [-0.39, 0.29) is 4.90 Å². The van der Waals surface area contributed by atoms with E-state index in [1.807, 2.05) is 0 Å². The topological polar surface area (TPSA) is 137 Å². The summed E-state index contributed by atoms with van der Waals surface area (Å²) in [5.41, 5.74) is 7.14. The largest absolute Gasteiger partial charge is 0.399 e. The van der Waals surface area contributed by atoms with E-state index in [2.05, 4.69) is 15.5 Å². The van der Waals surface area contributed by atoms with E-state index < -0.39 is 10.0 Å². The predicted molar refractivity (Wildman–Crippen MR) is 73.5 cm³/mol. The van der Waals surface area contributed by atoms with Crippen molar-refractivity contribution in [3.63, 3.8) is 0 Å². The lowest BCUT2D eigenvalue weighted by molar-refractivity contribution is 0.380. The molecule has 0 aliphatic rings. The van der Waals surface area contributed by atoms with Crippen LogP contribution in [0.2, 0.25) is 0 Å². The third kappa shape index (κ3) is 3.25. The zero-order valence-corrected chi connectivity index (χ0v) is 11.6. The molecule has 0 amide bonds. The van der Waals surface area contributed by atoms with Crippen molar-refractivity contribution in [3.05, 3.63) is 29.9 Å². The minimum Gasteiger partial charge on any atom is -0.399 e. The zero-order valence-electron chi connectivity index (χ0n) is 10.8. The van der Waals surface area contributed by atoms with Crippen LogP contribution < -0.4 is 16.2 Å².